The Balaban J connectivity index is 1.80. The van der Waals surface area contributed by atoms with Crippen LogP contribution in [0, 0.1) is 5.82 Å². The lowest BCUT2D eigenvalue weighted by molar-refractivity contribution is -0.119. The first-order valence-corrected chi connectivity index (χ1v) is 9.85. The van der Waals surface area contributed by atoms with Crippen molar-refractivity contribution in [3.63, 3.8) is 0 Å². The van der Waals surface area contributed by atoms with Gasteiger partial charge in [0.1, 0.15) is 16.1 Å². The maximum absolute atomic E-state index is 12.9. The van der Waals surface area contributed by atoms with E-state index in [1.807, 2.05) is 0 Å². The molecule has 0 bridgehead atoms. The maximum Gasteiger partial charge on any atom is 0.253 e. The highest BCUT2D eigenvalue weighted by molar-refractivity contribution is 7.91. The Bertz CT molecular complexity index is 852. The Morgan fingerprint density at radius 2 is 1.96 bits per heavy atom. The summed E-state index contributed by atoms with van der Waals surface area (Å²) in [6.07, 6.45) is 1.03. The van der Waals surface area contributed by atoms with Crippen LogP contribution in [-0.2, 0) is 14.8 Å². The summed E-state index contributed by atoms with van der Waals surface area (Å²) in [5, 5.41) is 2.64. The molecule has 1 amide bonds. The molecule has 1 fully saturated rings. The van der Waals surface area contributed by atoms with Crippen LogP contribution >= 0.6 is 22.9 Å². The molecule has 1 saturated heterocycles. The first kappa shape index (κ1) is 17.3. The van der Waals surface area contributed by atoms with Gasteiger partial charge in [-0.3, -0.25) is 4.79 Å². The first-order valence-electron chi connectivity index (χ1n) is 7.21. The zero-order valence-electron chi connectivity index (χ0n) is 12.4. The van der Waals surface area contributed by atoms with E-state index in [0.717, 1.165) is 11.3 Å². The lowest BCUT2D eigenvalue weighted by Gasteiger charge is -2.22. The second-order valence-electron chi connectivity index (χ2n) is 5.33. The van der Waals surface area contributed by atoms with Gasteiger partial charge in [-0.05, 0) is 49.2 Å². The van der Waals surface area contributed by atoms with Gasteiger partial charge in [-0.2, -0.15) is 4.31 Å². The summed E-state index contributed by atoms with van der Waals surface area (Å²) in [5.74, 6) is -0.835. The van der Waals surface area contributed by atoms with Crippen LogP contribution in [0.5, 0.6) is 0 Å². The van der Waals surface area contributed by atoms with Crippen LogP contribution in [0.25, 0.3) is 0 Å². The lowest BCUT2D eigenvalue weighted by atomic mass is 10.2. The molecule has 128 valence electrons. The summed E-state index contributed by atoms with van der Waals surface area (Å²) in [5.41, 5.74) is 0.421. The molecule has 0 spiro atoms. The molecule has 1 unspecified atom stereocenters. The molecule has 1 N–H and O–H groups in total. The third-order valence-electron chi connectivity index (χ3n) is 3.73. The van der Waals surface area contributed by atoms with Gasteiger partial charge in [0.15, 0.2) is 0 Å². The van der Waals surface area contributed by atoms with Crippen molar-refractivity contribution in [2.24, 2.45) is 0 Å². The number of thiophene rings is 1. The number of hydrogen-bond acceptors (Lipinski definition) is 4. The van der Waals surface area contributed by atoms with Crippen LogP contribution in [-0.4, -0.2) is 31.2 Å². The quantitative estimate of drug-likeness (QED) is 0.873. The molecule has 2 aromatic rings. The van der Waals surface area contributed by atoms with E-state index < -0.39 is 27.8 Å². The minimum atomic E-state index is -3.76. The number of nitrogens with zero attached hydrogens (tertiary/aromatic N) is 1. The van der Waals surface area contributed by atoms with Gasteiger partial charge in [0.25, 0.3) is 10.0 Å². The topological polar surface area (TPSA) is 66.5 Å². The second kappa shape index (κ2) is 6.79. The number of sulfonamides is 1. The predicted octanol–water partition coefficient (Wildman–Crippen LogP) is 3.33. The lowest BCUT2D eigenvalue weighted by Crippen LogP contribution is -2.42. The Morgan fingerprint density at radius 1 is 1.25 bits per heavy atom. The largest absolute Gasteiger partial charge is 0.325 e. The average molecular weight is 389 g/mol. The molecule has 0 radical (unpaired) electrons. The van der Waals surface area contributed by atoms with Gasteiger partial charge in [0, 0.05) is 12.2 Å². The molecule has 5 nitrogen and oxygen atoms in total. The zero-order valence-corrected chi connectivity index (χ0v) is 14.8. The van der Waals surface area contributed by atoms with Crippen LogP contribution in [0.3, 0.4) is 0 Å². The van der Waals surface area contributed by atoms with Crippen LogP contribution in [0.2, 0.25) is 4.34 Å². The summed E-state index contributed by atoms with van der Waals surface area (Å²) in [7, 11) is -3.76. The SMILES string of the molecule is O=C(Nc1ccc(F)cc1)C1CCCN1S(=O)(=O)c1ccc(Cl)s1. The highest BCUT2D eigenvalue weighted by Crippen LogP contribution is 2.32. The summed E-state index contributed by atoms with van der Waals surface area (Å²) in [6, 6.07) is 7.48. The van der Waals surface area contributed by atoms with Crippen molar-refractivity contribution in [2.75, 3.05) is 11.9 Å². The van der Waals surface area contributed by atoms with E-state index >= 15 is 0 Å². The third kappa shape index (κ3) is 3.46. The molecule has 3 rings (SSSR count). The minimum absolute atomic E-state index is 0.119. The average Bonchev–Trinajstić information content (AvgIpc) is 3.19. The van der Waals surface area contributed by atoms with E-state index in [4.69, 9.17) is 11.6 Å². The standard InChI is InChI=1S/C15H14ClFN2O3S2/c16-13-7-8-14(23-13)24(21,22)19-9-1-2-12(19)15(20)18-11-5-3-10(17)4-6-11/h3-8,12H,1-2,9H2,(H,18,20). The molecule has 0 aliphatic carbocycles. The highest BCUT2D eigenvalue weighted by Gasteiger charge is 2.40. The Labute approximate surface area is 148 Å². The number of benzene rings is 1. The molecule has 0 saturated carbocycles. The molecular weight excluding hydrogens is 375 g/mol. The Morgan fingerprint density at radius 3 is 2.58 bits per heavy atom. The molecular formula is C15H14ClFN2O3S2. The summed E-state index contributed by atoms with van der Waals surface area (Å²) in [4.78, 5) is 12.5. The summed E-state index contributed by atoms with van der Waals surface area (Å²) < 4.78 is 40.0. The fourth-order valence-corrected chi connectivity index (χ4v) is 5.87. The van der Waals surface area contributed by atoms with E-state index in [1.54, 1.807) is 0 Å². The van der Waals surface area contributed by atoms with Crippen molar-refractivity contribution >= 4 is 44.6 Å². The predicted molar refractivity (Wildman–Crippen MR) is 91.3 cm³/mol. The number of halogens is 2. The van der Waals surface area contributed by atoms with E-state index in [9.17, 15) is 17.6 Å². The van der Waals surface area contributed by atoms with Crippen molar-refractivity contribution in [2.45, 2.75) is 23.1 Å². The van der Waals surface area contributed by atoms with Gasteiger partial charge < -0.3 is 5.32 Å². The number of rotatable bonds is 4. The van der Waals surface area contributed by atoms with Gasteiger partial charge in [-0.1, -0.05) is 11.6 Å². The molecule has 24 heavy (non-hydrogen) atoms. The van der Waals surface area contributed by atoms with Gasteiger partial charge in [0.05, 0.1) is 4.34 Å². The van der Waals surface area contributed by atoms with Gasteiger partial charge in [-0.15, -0.1) is 11.3 Å². The third-order valence-corrected chi connectivity index (χ3v) is 7.34. The molecule has 1 aliphatic heterocycles. The van der Waals surface area contributed by atoms with Crippen molar-refractivity contribution in [1.29, 1.82) is 0 Å². The monoisotopic (exact) mass is 388 g/mol. The minimum Gasteiger partial charge on any atom is -0.325 e. The van der Waals surface area contributed by atoms with Gasteiger partial charge in [-0.25, -0.2) is 12.8 Å². The van der Waals surface area contributed by atoms with E-state index in [2.05, 4.69) is 5.32 Å². The highest BCUT2D eigenvalue weighted by atomic mass is 35.5. The molecule has 1 aliphatic rings. The van der Waals surface area contributed by atoms with Crippen molar-refractivity contribution < 1.29 is 17.6 Å². The molecule has 1 aromatic heterocycles. The summed E-state index contributed by atoms with van der Waals surface area (Å²) in [6.45, 7) is 0.277. The van der Waals surface area contributed by atoms with Crippen molar-refractivity contribution in [3.05, 3.63) is 46.6 Å². The van der Waals surface area contributed by atoms with Crippen LogP contribution in [0.15, 0.2) is 40.6 Å². The number of carbonyl (C=O) groups is 1. The van der Waals surface area contributed by atoms with E-state index in [1.165, 1.54) is 40.7 Å². The Hall–Kier alpha value is -1.48. The number of anilines is 1. The maximum atomic E-state index is 12.9. The van der Waals surface area contributed by atoms with Crippen LogP contribution in [0.1, 0.15) is 12.8 Å². The first-order chi connectivity index (χ1) is 11.4. The van der Waals surface area contributed by atoms with Crippen molar-refractivity contribution in [1.82, 2.24) is 4.31 Å². The number of nitrogens with one attached hydrogen (secondary N) is 1. The summed E-state index contributed by atoms with van der Waals surface area (Å²) >= 11 is 6.78. The van der Waals surface area contributed by atoms with E-state index in [-0.39, 0.29) is 10.8 Å². The van der Waals surface area contributed by atoms with E-state index in [0.29, 0.717) is 22.9 Å². The van der Waals surface area contributed by atoms with Gasteiger partial charge in [0.2, 0.25) is 5.91 Å². The second-order valence-corrected chi connectivity index (χ2v) is 9.16. The van der Waals surface area contributed by atoms with Crippen LogP contribution < -0.4 is 5.32 Å². The zero-order chi connectivity index (χ0) is 17.3. The number of amides is 1. The smallest absolute Gasteiger partial charge is 0.253 e. The molecule has 1 aromatic carbocycles. The molecule has 2 heterocycles. The fraction of sp³-hybridized carbons (Fsp3) is 0.267. The van der Waals surface area contributed by atoms with Crippen LogP contribution in [0.4, 0.5) is 10.1 Å². The van der Waals surface area contributed by atoms with Gasteiger partial charge >= 0.3 is 0 Å². The molecule has 1 atom stereocenters. The Kier molecular flexibility index (Phi) is 4.91. The normalized spacial score (nSPS) is 18.7. The molecule has 9 heteroatoms. The number of hydrogen-bond donors (Lipinski definition) is 1. The number of carbonyl (C=O) groups excluding carboxylic acids is 1. The fourth-order valence-electron chi connectivity index (χ4n) is 2.60. The van der Waals surface area contributed by atoms with Crippen molar-refractivity contribution in [3.8, 4) is 0 Å².